The lowest BCUT2D eigenvalue weighted by atomic mass is 9.69. The number of rotatable bonds is 14. The molecule has 0 aromatic heterocycles. The van der Waals surface area contributed by atoms with Crippen molar-refractivity contribution >= 4 is 7.32 Å². The molecule has 45 heavy (non-hydrogen) atoms. The van der Waals surface area contributed by atoms with Crippen molar-refractivity contribution in [2.24, 2.45) is 5.41 Å². The van der Waals surface area contributed by atoms with E-state index in [1.807, 2.05) is 36.4 Å². The standard InChI is InChI=1S/C28H33BO6.2C4H12N/c1-32-25-11-5-22(6-12-25)19-28(17-4-18-35-29(30)31,20-23-7-13-26(33-2)14-8-23)21-24-9-15-27(34-3)16-10-24;2*1-5(2,3)4/h5-16H,4,17-21H2,1-3H3;2*1-4H3/q-2;2*+1. The Balaban J connectivity index is 0.000000877. The van der Waals surface area contributed by atoms with Crippen molar-refractivity contribution in [2.75, 3.05) is 84.3 Å². The number of methoxy groups -OCH3 is 3. The molecule has 8 nitrogen and oxygen atoms in total. The van der Waals surface area contributed by atoms with Crippen LogP contribution in [0.1, 0.15) is 29.5 Å². The third-order valence-electron chi connectivity index (χ3n) is 6.32. The molecule has 0 aliphatic heterocycles. The smallest absolute Gasteiger partial charge is 0.118 e. The molecule has 0 aliphatic carbocycles. The summed E-state index contributed by atoms with van der Waals surface area (Å²) in [6.07, 6.45) is 3.83. The van der Waals surface area contributed by atoms with Crippen LogP contribution in [0.4, 0.5) is 0 Å². The van der Waals surface area contributed by atoms with Gasteiger partial charge >= 0.3 is 0 Å². The molecule has 0 amide bonds. The van der Waals surface area contributed by atoms with E-state index < -0.39 is 7.32 Å². The quantitative estimate of drug-likeness (QED) is 0.154. The van der Waals surface area contributed by atoms with Crippen LogP contribution in [-0.4, -0.2) is 101 Å². The Hall–Kier alpha value is -3.08. The average Bonchev–Trinajstić information content (AvgIpc) is 2.95. The summed E-state index contributed by atoms with van der Waals surface area (Å²) < 4.78 is 22.8. The predicted octanol–water partition coefficient (Wildman–Crippen LogP) is 3.87. The molecule has 0 atom stereocenters. The van der Waals surface area contributed by atoms with E-state index in [0.29, 0.717) is 6.42 Å². The van der Waals surface area contributed by atoms with E-state index in [1.54, 1.807) is 21.3 Å². The first-order chi connectivity index (χ1) is 20.9. The normalized spacial score (nSPS) is 11.4. The van der Waals surface area contributed by atoms with E-state index >= 15 is 0 Å². The molecule has 0 bridgehead atoms. The Kier molecular flexibility index (Phi) is 17.3. The number of nitrogens with zero attached hydrogens (tertiary/aromatic N) is 2. The van der Waals surface area contributed by atoms with Crippen molar-refractivity contribution in [3.05, 3.63) is 89.5 Å². The minimum Gasteiger partial charge on any atom is -0.871 e. The highest BCUT2D eigenvalue weighted by Crippen LogP contribution is 2.38. The summed E-state index contributed by atoms with van der Waals surface area (Å²) in [5.41, 5.74) is 3.40. The van der Waals surface area contributed by atoms with E-state index in [9.17, 15) is 10.0 Å². The molecule has 9 heteroatoms. The molecule has 0 fully saturated rings. The fourth-order valence-corrected chi connectivity index (χ4v) is 4.61. The second kappa shape index (κ2) is 19.4. The van der Waals surface area contributed by atoms with E-state index in [0.717, 1.165) is 51.9 Å². The second-order valence-electron chi connectivity index (χ2n) is 14.2. The summed E-state index contributed by atoms with van der Waals surface area (Å²) in [5, 5.41) is 21.8. The number of quaternary nitrogens is 2. The molecule has 250 valence electrons. The Morgan fingerprint density at radius 3 is 1.02 bits per heavy atom. The molecular formula is C36H57BN2O6. The maximum absolute atomic E-state index is 10.9. The summed E-state index contributed by atoms with van der Waals surface area (Å²) in [4.78, 5) is 0. The van der Waals surface area contributed by atoms with Crippen LogP contribution >= 0.6 is 0 Å². The summed E-state index contributed by atoms with van der Waals surface area (Å²) in [6.45, 7) is 0.146. The zero-order valence-electron chi connectivity index (χ0n) is 29.6. The minimum absolute atomic E-state index is 0.146. The maximum Gasteiger partial charge on any atom is 0.118 e. The van der Waals surface area contributed by atoms with Crippen molar-refractivity contribution in [1.82, 2.24) is 0 Å². The first-order valence-electron chi connectivity index (χ1n) is 15.3. The van der Waals surface area contributed by atoms with Gasteiger partial charge in [0.15, 0.2) is 0 Å². The fraction of sp³-hybridized carbons (Fsp3) is 0.500. The van der Waals surface area contributed by atoms with Crippen LogP contribution in [-0.2, 0) is 23.9 Å². The largest absolute Gasteiger partial charge is 0.871 e. The van der Waals surface area contributed by atoms with Crippen LogP contribution in [0.15, 0.2) is 72.8 Å². The highest BCUT2D eigenvalue weighted by molar-refractivity contribution is 6.28. The molecule has 3 aromatic rings. The molecule has 0 radical (unpaired) electrons. The Morgan fingerprint density at radius 1 is 0.533 bits per heavy atom. The number of hydrogen-bond acceptors (Lipinski definition) is 6. The zero-order valence-corrected chi connectivity index (χ0v) is 29.6. The lowest BCUT2D eigenvalue weighted by molar-refractivity contribution is -0.849. The van der Waals surface area contributed by atoms with Crippen molar-refractivity contribution < 1.29 is 37.9 Å². The second-order valence-corrected chi connectivity index (χ2v) is 14.2. The van der Waals surface area contributed by atoms with Gasteiger partial charge in [-0.1, -0.05) is 36.4 Å². The topological polar surface area (TPSA) is 83.0 Å². The Morgan fingerprint density at radius 2 is 0.800 bits per heavy atom. The predicted molar refractivity (Wildman–Crippen MR) is 181 cm³/mol. The number of hydrogen-bond donors (Lipinski definition) is 0. The molecular weight excluding hydrogens is 567 g/mol. The zero-order chi connectivity index (χ0) is 34.1. The van der Waals surface area contributed by atoms with Crippen molar-refractivity contribution in [3.63, 3.8) is 0 Å². The van der Waals surface area contributed by atoms with Crippen LogP contribution in [0.25, 0.3) is 0 Å². The van der Waals surface area contributed by atoms with Gasteiger partial charge in [-0.25, -0.2) is 0 Å². The molecule has 0 heterocycles. The summed E-state index contributed by atoms with van der Waals surface area (Å²) >= 11 is 0. The lowest BCUT2D eigenvalue weighted by Gasteiger charge is -2.36. The molecule has 0 aliphatic rings. The van der Waals surface area contributed by atoms with E-state index in [4.69, 9.17) is 18.9 Å². The van der Waals surface area contributed by atoms with Gasteiger partial charge in [0.05, 0.1) is 85.0 Å². The van der Waals surface area contributed by atoms with Gasteiger partial charge in [0.25, 0.3) is 0 Å². The van der Waals surface area contributed by atoms with Crippen LogP contribution in [0.5, 0.6) is 17.2 Å². The third-order valence-corrected chi connectivity index (χ3v) is 6.32. The van der Waals surface area contributed by atoms with Crippen LogP contribution in [0.3, 0.4) is 0 Å². The van der Waals surface area contributed by atoms with E-state index in [-0.39, 0.29) is 12.0 Å². The molecule has 0 saturated heterocycles. The summed E-state index contributed by atoms with van der Waals surface area (Å²) in [6, 6.07) is 24.4. The van der Waals surface area contributed by atoms with Gasteiger partial charge in [-0.3, -0.25) is 0 Å². The van der Waals surface area contributed by atoms with Gasteiger partial charge < -0.3 is 37.9 Å². The van der Waals surface area contributed by atoms with E-state index in [2.05, 4.69) is 92.8 Å². The number of benzene rings is 3. The maximum atomic E-state index is 10.9. The van der Waals surface area contributed by atoms with Crippen molar-refractivity contribution in [2.45, 2.75) is 32.1 Å². The van der Waals surface area contributed by atoms with Gasteiger partial charge in [0, 0.05) is 6.61 Å². The highest BCUT2D eigenvalue weighted by Gasteiger charge is 2.31. The van der Waals surface area contributed by atoms with Crippen LogP contribution in [0, 0.1) is 5.41 Å². The molecule has 0 saturated carbocycles. The van der Waals surface area contributed by atoms with Crippen LogP contribution < -0.4 is 24.3 Å². The lowest BCUT2D eigenvalue weighted by Crippen LogP contribution is -2.48. The Labute approximate surface area is 273 Å². The van der Waals surface area contributed by atoms with Crippen molar-refractivity contribution in [1.29, 1.82) is 0 Å². The molecule has 0 spiro atoms. The first-order valence-corrected chi connectivity index (χ1v) is 15.3. The van der Waals surface area contributed by atoms with Gasteiger partial charge in [-0.05, 0) is 90.6 Å². The summed E-state index contributed by atoms with van der Waals surface area (Å²) in [7, 11) is 19.7. The van der Waals surface area contributed by atoms with Gasteiger partial charge in [-0.15, -0.1) is 0 Å². The molecule has 3 rings (SSSR count). The first kappa shape index (κ1) is 39.9. The average molecular weight is 625 g/mol. The van der Waals surface area contributed by atoms with Gasteiger partial charge in [-0.2, -0.15) is 0 Å². The fourth-order valence-electron chi connectivity index (χ4n) is 4.61. The third kappa shape index (κ3) is 19.8. The Bertz CT molecular complexity index is 1040. The molecule has 0 unspecified atom stereocenters. The highest BCUT2D eigenvalue weighted by atomic mass is 16.6. The monoisotopic (exact) mass is 624 g/mol. The number of ether oxygens (including phenoxy) is 3. The van der Waals surface area contributed by atoms with Gasteiger partial charge in [0.2, 0.25) is 0 Å². The van der Waals surface area contributed by atoms with Crippen LogP contribution in [0.2, 0.25) is 0 Å². The summed E-state index contributed by atoms with van der Waals surface area (Å²) in [5.74, 6) is 2.44. The SMILES string of the molecule is COc1ccc(CC(CCCOB([O-])[O-])(Cc2ccc(OC)cc2)Cc2ccc(OC)cc2)cc1.C[N+](C)(C)C.C[N+](C)(C)C. The van der Waals surface area contributed by atoms with Crippen molar-refractivity contribution in [3.8, 4) is 17.2 Å². The van der Waals surface area contributed by atoms with Gasteiger partial charge in [0.1, 0.15) is 17.2 Å². The molecule has 3 aromatic carbocycles. The van der Waals surface area contributed by atoms with E-state index in [1.165, 1.54) is 16.7 Å². The molecule has 0 N–H and O–H groups in total. The minimum atomic E-state index is -2.26.